The molecule has 7 nitrogen and oxygen atoms in total. The topological polar surface area (TPSA) is 77.2 Å². The molecule has 0 atom stereocenters. The van der Waals surface area contributed by atoms with E-state index in [-0.39, 0.29) is 0 Å². The van der Waals surface area contributed by atoms with Crippen molar-refractivity contribution in [1.29, 1.82) is 0 Å². The van der Waals surface area contributed by atoms with Crippen molar-refractivity contribution in [3.63, 3.8) is 0 Å². The number of hydrogen-bond acceptors (Lipinski definition) is 6. The number of para-hydroxylation sites is 2. The third-order valence-corrected chi connectivity index (χ3v) is 4.26. The maximum absolute atomic E-state index is 5.73. The molecule has 4 rings (SSSR count). The Morgan fingerprint density at radius 3 is 2.81 bits per heavy atom. The van der Waals surface area contributed by atoms with Crippen LogP contribution in [0.2, 0.25) is 0 Å². The summed E-state index contributed by atoms with van der Waals surface area (Å²) in [5, 5.41) is 13.7. The molecule has 27 heavy (non-hydrogen) atoms. The minimum absolute atomic E-state index is 0.344. The van der Waals surface area contributed by atoms with Crippen molar-refractivity contribution >= 4 is 34.2 Å². The van der Waals surface area contributed by atoms with Crippen molar-refractivity contribution in [2.45, 2.75) is 13.3 Å². The Hall–Kier alpha value is -3.48. The van der Waals surface area contributed by atoms with E-state index in [4.69, 9.17) is 4.74 Å². The molecule has 0 unspecified atom stereocenters. The van der Waals surface area contributed by atoms with Gasteiger partial charge < -0.3 is 9.30 Å². The average molecular weight is 360 g/mol. The molecule has 2 aromatic heterocycles. The molecule has 0 aliphatic carbocycles. The van der Waals surface area contributed by atoms with Crippen LogP contribution in [0.3, 0.4) is 0 Å². The summed E-state index contributed by atoms with van der Waals surface area (Å²) in [6.45, 7) is 2.74. The molecule has 0 aliphatic heterocycles. The third kappa shape index (κ3) is 3.31. The monoisotopic (exact) mass is 360 g/mol. The molecule has 0 amide bonds. The number of hydrazone groups is 1. The highest BCUT2D eigenvalue weighted by atomic mass is 16.5. The van der Waals surface area contributed by atoms with Gasteiger partial charge in [-0.2, -0.15) is 10.1 Å². The lowest BCUT2D eigenvalue weighted by Gasteiger charge is -2.07. The summed E-state index contributed by atoms with van der Waals surface area (Å²) < 4.78 is 7.73. The van der Waals surface area contributed by atoms with Gasteiger partial charge in [-0.3, -0.25) is 0 Å². The smallest absolute Gasteiger partial charge is 0.265 e. The molecule has 2 aromatic carbocycles. The fourth-order valence-corrected chi connectivity index (χ4v) is 2.94. The second kappa shape index (κ2) is 7.41. The van der Waals surface area contributed by atoms with E-state index in [1.54, 1.807) is 6.21 Å². The van der Waals surface area contributed by atoms with Crippen LogP contribution in [0.1, 0.15) is 18.9 Å². The molecule has 0 spiro atoms. The van der Waals surface area contributed by atoms with Crippen LogP contribution < -0.4 is 10.2 Å². The maximum Gasteiger partial charge on any atom is 0.265 e. The number of aromatic nitrogens is 4. The van der Waals surface area contributed by atoms with Crippen molar-refractivity contribution in [3.05, 3.63) is 54.1 Å². The number of rotatable bonds is 6. The van der Waals surface area contributed by atoms with Gasteiger partial charge in [-0.25, -0.2) is 5.43 Å². The molecule has 1 N–H and O–H groups in total. The largest absolute Gasteiger partial charge is 0.493 e. The molecule has 4 aromatic rings. The summed E-state index contributed by atoms with van der Waals surface area (Å²) in [5.74, 6) is 1.14. The standard InChI is InChI=1S/C20H20N6O/c1-3-12-27-17-11-7-4-8-14(17)13-21-24-20-22-19-18(23-25-20)15-9-5-6-10-16(15)26(19)2/h4-11,13H,3,12H2,1-2H3,(H,22,24,25)/b21-13+. The van der Waals surface area contributed by atoms with Gasteiger partial charge >= 0.3 is 0 Å². The number of benzene rings is 2. The highest BCUT2D eigenvalue weighted by Gasteiger charge is 2.11. The van der Waals surface area contributed by atoms with Gasteiger partial charge in [0, 0.05) is 18.0 Å². The molecule has 0 radical (unpaired) electrons. The van der Waals surface area contributed by atoms with Gasteiger partial charge in [0.05, 0.1) is 18.3 Å². The van der Waals surface area contributed by atoms with E-state index in [0.717, 1.165) is 39.8 Å². The van der Waals surface area contributed by atoms with Gasteiger partial charge in [0.15, 0.2) is 5.65 Å². The van der Waals surface area contributed by atoms with Crippen molar-refractivity contribution < 1.29 is 4.74 Å². The number of aryl methyl sites for hydroxylation is 1. The Kier molecular flexibility index (Phi) is 4.65. The van der Waals surface area contributed by atoms with E-state index in [2.05, 4.69) is 32.6 Å². The SMILES string of the molecule is CCCOc1ccccc1/C=N/Nc1nnc2c3ccccc3n(C)c2n1. The minimum Gasteiger partial charge on any atom is -0.493 e. The van der Waals surface area contributed by atoms with Gasteiger partial charge in [0.2, 0.25) is 0 Å². The van der Waals surface area contributed by atoms with Gasteiger partial charge in [-0.1, -0.05) is 37.3 Å². The zero-order valence-corrected chi connectivity index (χ0v) is 15.3. The number of nitrogens with zero attached hydrogens (tertiary/aromatic N) is 5. The summed E-state index contributed by atoms with van der Waals surface area (Å²) >= 11 is 0. The molecule has 0 bridgehead atoms. The zero-order valence-electron chi connectivity index (χ0n) is 15.3. The molecule has 0 saturated carbocycles. The first kappa shape index (κ1) is 17.0. The second-order valence-electron chi connectivity index (χ2n) is 6.14. The Balaban J connectivity index is 1.59. The molecule has 7 heteroatoms. The molecule has 0 fully saturated rings. The van der Waals surface area contributed by atoms with Crippen LogP contribution in [0.25, 0.3) is 22.1 Å². The number of fused-ring (bicyclic) bond motifs is 3. The summed E-state index contributed by atoms with van der Waals surface area (Å²) in [6, 6.07) is 15.8. The molecule has 2 heterocycles. The van der Waals surface area contributed by atoms with Gasteiger partial charge in [0.25, 0.3) is 5.95 Å². The Morgan fingerprint density at radius 1 is 1.11 bits per heavy atom. The van der Waals surface area contributed by atoms with E-state index in [1.807, 2.05) is 60.1 Å². The zero-order chi connectivity index (χ0) is 18.6. The van der Waals surface area contributed by atoms with E-state index in [1.165, 1.54) is 0 Å². The van der Waals surface area contributed by atoms with Crippen LogP contribution >= 0.6 is 0 Å². The van der Waals surface area contributed by atoms with Crippen molar-refractivity contribution in [2.24, 2.45) is 12.1 Å². The first-order chi connectivity index (χ1) is 13.3. The number of ether oxygens (including phenoxy) is 1. The quantitative estimate of drug-likeness (QED) is 0.418. The van der Waals surface area contributed by atoms with E-state index >= 15 is 0 Å². The summed E-state index contributed by atoms with van der Waals surface area (Å²) in [5.41, 5.74) is 6.35. The fourth-order valence-electron chi connectivity index (χ4n) is 2.94. The molecule has 0 saturated heterocycles. The molecular formula is C20H20N6O. The minimum atomic E-state index is 0.344. The predicted molar refractivity (Wildman–Crippen MR) is 107 cm³/mol. The van der Waals surface area contributed by atoms with E-state index in [0.29, 0.717) is 12.6 Å². The lowest BCUT2D eigenvalue weighted by Crippen LogP contribution is -2.02. The number of hydrogen-bond donors (Lipinski definition) is 1. The van der Waals surface area contributed by atoms with Gasteiger partial charge in [-0.05, 0) is 24.6 Å². The van der Waals surface area contributed by atoms with Crippen LogP contribution in [0.4, 0.5) is 5.95 Å². The van der Waals surface area contributed by atoms with E-state index < -0.39 is 0 Å². The van der Waals surface area contributed by atoms with Crippen LogP contribution in [0, 0.1) is 0 Å². The van der Waals surface area contributed by atoms with Gasteiger partial charge in [0.1, 0.15) is 11.3 Å². The van der Waals surface area contributed by atoms with Crippen LogP contribution in [-0.2, 0) is 7.05 Å². The van der Waals surface area contributed by atoms with Crippen LogP contribution in [0.5, 0.6) is 5.75 Å². The first-order valence-corrected chi connectivity index (χ1v) is 8.86. The molecule has 0 aliphatic rings. The predicted octanol–water partition coefficient (Wildman–Crippen LogP) is 3.75. The summed E-state index contributed by atoms with van der Waals surface area (Å²) in [6.07, 6.45) is 2.65. The maximum atomic E-state index is 5.73. The first-order valence-electron chi connectivity index (χ1n) is 8.86. The second-order valence-corrected chi connectivity index (χ2v) is 6.14. The van der Waals surface area contributed by atoms with Crippen LogP contribution in [-0.4, -0.2) is 32.6 Å². The summed E-state index contributed by atoms with van der Waals surface area (Å²) in [7, 11) is 1.97. The lowest BCUT2D eigenvalue weighted by molar-refractivity contribution is 0.317. The normalized spacial score (nSPS) is 11.5. The number of anilines is 1. The van der Waals surface area contributed by atoms with Gasteiger partial charge in [-0.15, -0.1) is 10.2 Å². The van der Waals surface area contributed by atoms with Crippen molar-refractivity contribution in [2.75, 3.05) is 12.0 Å². The molecular weight excluding hydrogens is 340 g/mol. The van der Waals surface area contributed by atoms with Crippen LogP contribution in [0.15, 0.2) is 53.6 Å². The average Bonchev–Trinajstić information content (AvgIpc) is 2.99. The third-order valence-electron chi connectivity index (χ3n) is 4.26. The Bertz CT molecular complexity index is 1120. The molecule has 136 valence electrons. The highest BCUT2D eigenvalue weighted by molar-refractivity contribution is 6.04. The van der Waals surface area contributed by atoms with Crippen molar-refractivity contribution in [3.8, 4) is 5.75 Å². The Morgan fingerprint density at radius 2 is 1.93 bits per heavy atom. The highest BCUT2D eigenvalue weighted by Crippen LogP contribution is 2.24. The number of nitrogens with one attached hydrogen (secondary N) is 1. The fraction of sp³-hybridized carbons (Fsp3) is 0.200. The Labute approximate surface area is 156 Å². The van der Waals surface area contributed by atoms with E-state index in [9.17, 15) is 0 Å². The summed E-state index contributed by atoms with van der Waals surface area (Å²) in [4.78, 5) is 4.55. The lowest BCUT2D eigenvalue weighted by atomic mass is 10.2. The van der Waals surface area contributed by atoms with Crippen molar-refractivity contribution in [1.82, 2.24) is 19.7 Å².